The van der Waals surface area contributed by atoms with Gasteiger partial charge in [-0.25, -0.2) is 0 Å². The van der Waals surface area contributed by atoms with Crippen molar-refractivity contribution in [2.75, 3.05) is 13.7 Å². The van der Waals surface area contributed by atoms with Crippen molar-refractivity contribution in [1.29, 1.82) is 0 Å². The first-order valence-electron chi connectivity index (χ1n) is 7.47. The summed E-state index contributed by atoms with van der Waals surface area (Å²) in [7, 11) is 1.65. The third-order valence-electron chi connectivity index (χ3n) is 4.09. The SMILES string of the molecule is COc1ccccc1C1CCCN1C(=O)c1ccc(CN)o1. The molecule has 1 saturated heterocycles. The summed E-state index contributed by atoms with van der Waals surface area (Å²) >= 11 is 0. The van der Waals surface area contributed by atoms with Crippen molar-refractivity contribution >= 4 is 5.91 Å². The van der Waals surface area contributed by atoms with E-state index in [1.807, 2.05) is 29.2 Å². The van der Waals surface area contributed by atoms with E-state index in [9.17, 15) is 4.79 Å². The number of hydrogen-bond acceptors (Lipinski definition) is 4. The Morgan fingerprint density at radius 2 is 2.18 bits per heavy atom. The van der Waals surface area contributed by atoms with Gasteiger partial charge in [0.25, 0.3) is 5.91 Å². The Kier molecular flexibility index (Phi) is 4.15. The second-order valence-electron chi connectivity index (χ2n) is 5.37. The predicted octanol–water partition coefficient (Wildman–Crippen LogP) is 2.72. The molecule has 0 radical (unpaired) electrons. The lowest BCUT2D eigenvalue weighted by Crippen LogP contribution is -2.30. The van der Waals surface area contributed by atoms with Crippen molar-refractivity contribution in [1.82, 2.24) is 4.90 Å². The van der Waals surface area contributed by atoms with Crippen LogP contribution in [0.25, 0.3) is 0 Å². The Labute approximate surface area is 129 Å². The molecular weight excluding hydrogens is 280 g/mol. The fraction of sp³-hybridized carbons (Fsp3) is 0.353. The Balaban J connectivity index is 1.88. The van der Waals surface area contributed by atoms with Crippen LogP contribution < -0.4 is 10.5 Å². The molecule has 5 nitrogen and oxygen atoms in total. The fourth-order valence-corrected chi connectivity index (χ4v) is 3.02. The zero-order chi connectivity index (χ0) is 15.5. The molecule has 0 aliphatic carbocycles. The molecular formula is C17H20N2O3. The van der Waals surface area contributed by atoms with Gasteiger partial charge in [-0.2, -0.15) is 0 Å². The lowest BCUT2D eigenvalue weighted by atomic mass is 10.0. The molecule has 2 N–H and O–H groups in total. The summed E-state index contributed by atoms with van der Waals surface area (Å²) in [6.45, 7) is 1.02. The highest BCUT2D eigenvalue weighted by atomic mass is 16.5. The number of benzene rings is 1. The molecule has 116 valence electrons. The van der Waals surface area contributed by atoms with E-state index in [2.05, 4.69) is 0 Å². The predicted molar refractivity (Wildman–Crippen MR) is 82.6 cm³/mol. The minimum absolute atomic E-state index is 0.0232. The van der Waals surface area contributed by atoms with Gasteiger partial charge in [-0.05, 0) is 31.0 Å². The summed E-state index contributed by atoms with van der Waals surface area (Å²) in [5.41, 5.74) is 6.58. The lowest BCUT2D eigenvalue weighted by molar-refractivity contribution is 0.0700. The minimum atomic E-state index is -0.0897. The minimum Gasteiger partial charge on any atom is -0.496 e. The highest BCUT2D eigenvalue weighted by molar-refractivity contribution is 5.92. The first-order chi connectivity index (χ1) is 10.7. The van der Waals surface area contributed by atoms with E-state index in [0.717, 1.165) is 30.7 Å². The number of hydrogen-bond donors (Lipinski definition) is 1. The molecule has 0 bridgehead atoms. The van der Waals surface area contributed by atoms with Crippen LogP contribution in [0.3, 0.4) is 0 Å². The molecule has 1 aliphatic heterocycles. The number of rotatable bonds is 4. The maximum Gasteiger partial charge on any atom is 0.290 e. The van der Waals surface area contributed by atoms with Gasteiger partial charge >= 0.3 is 0 Å². The molecule has 1 aromatic carbocycles. The van der Waals surface area contributed by atoms with Crippen molar-refractivity contribution in [3.05, 3.63) is 53.5 Å². The maximum atomic E-state index is 12.7. The van der Waals surface area contributed by atoms with Gasteiger partial charge in [-0.1, -0.05) is 18.2 Å². The summed E-state index contributed by atoms with van der Waals surface area (Å²) in [5.74, 6) is 1.70. The van der Waals surface area contributed by atoms with Crippen LogP contribution in [0.5, 0.6) is 5.75 Å². The third-order valence-corrected chi connectivity index (χ3v) is 4.09. The van der Waals surface area contributed by atoms with Gasteiger partial charge in [-0.15, -0.1) is 0 Å². The number of para-hydroxylation sites is 1. The Morgan fingerprint density at radius 1 is 1.36 bits per heavy atom. The van der Waals surface area contributed by atoms with Crippen LogP contribution in [0.15, 0.2) is 40.8 Å². The molecule has 5 heteroatoms. The lowest BCUT2D eigenvalue weighted by Gasteiger charge is -2.25. The smallest absolute Gasteiger partial charge is 0.290 e. The van der Waals surface area contributed by atoms with Gasteiger partial charge in [0, 0.05) is 12.1 Å². The Hall–Kier alpha value is -2.27. The van der Waals surface area contributed by atoms with Crippen LogP contribution in [0.1, 0.15) is 40.8 Å². The number of carbonyl (C=O) groups is 1. The summed E-state index contributed by atoms with van der Waals surface area (Å²) in [6.07, 6.45) is 1.90. The van der Waals surface area contributed by atoms with Crippen LogP contribution in [0.2, 0.25) is 0 Å². The number of methoxy groups -OCH3 is 1. The van der Waals surface area contributed by atoms with E-state index in [-0.39, 0.29) is 11.9 Å². The van der Waals surface area contributed by atoms with Gasteiger partial charge < -0.3 is 19.8 Å². The fourth-order valence-electron chi connectivity index (χ4n) is 3.02. The van der Waals surface area contributed by atoms with Crippen LogP contribution in [0.4, 0.5) is 0 Å². The van der Waals surface area contributed by atoms with E-state index in [0.29, 0.717) is 18.1 Å². The van der Waals surface area contributed by atoms with Crippen molar-refractivity contribution in [2.24, 2.45) is 5.73 Å². The molecule has 3 rings (SSSR count). The molecule has 1 amide bonds. The van der Waals surface area contributed by atoms with E-state index >= 15 is 0 Å². The molecule has 0 spiro atoms. The maximum absolute atomic E-state index is 12.7. The second kappa shape index (κ2) is 6.23. The summed E-state index contributed by atoms with van der Waals surface area (Å²) in [5, 5.41) is 0. The molecule has 1 atom stereocenters. The zero-order valence-electron chi connectivity index (χ0n) is 12.6. The van der Waals surface area contributed by atoms with Crippen molar-refractivity contribution in [2.45, 2.75) is 25.4 Å². The highest BCUT2D eigenvalue weighted by Crippen LogP contribution is 2.37. The van der Waals surface area contributed by atoms with E-state index < -0.39 is 0 Å². The number of carbonyl (C=O) groups excluding carboxylic acids is 1. The normalized spacial score (nSPS) is 17.7. The van der Waals surface area contributed by atoms with Crippen LogP contribution >= 0.6 is 0 Å². The highest BCUT2D eigenvalue weighted by Gasteiger charge is 2.33. The molecule has 2 aromatic rings. The summed E-state index contributed by atoms with van der Waals surface area (Å²) in [4.78, 5) is 14.6. The van der Waals surface area contributed by atoms with E-state index in [1.165, 1.54) is 0 Å². The standard InChI is InChI=1S/C17H20N2O3/c1-21-15-7-3-2-5-13(15)14-6-4-10-19(14)17(20)16-9-8-12(11-18)22-16/h2-3,5,7-9,14H,4,6,10-11,18H2,1H3. The van der Waals surface area contributed by atoms with Gasteiger partial charge in [-0.3, -0.25) is 4.79 Å². The largest absolute Gasteiger partial charge is 0.496 e. The number of amides is 1. The average Bonchev–Trinajstić information content (AvgIpc) is 3.23. The monoisotopic (exact) mass is 300 g/mol. The second-order valence-corrected chi connectivity index (χ2v) is 5.37. The van der Waals surface area contributed by atoms with Crippen molar-refractivity contribution in [3.63, 3.8) is 0 Å². The van der Waals surface area contributed by atoms with Crippen LogP contribution in [0, 0.1) is 0 Å². The average molecular weight is 300 g/mol. The molecule has 0 saturated carbocycles. The van der Waals surface area contributed by atoms with Gasteiger partial charge in [0.2, 0.25) is 0 Å². The van der Waals surface area contributed by atoms with E-state index in [1.54, 1.807) is 19.2 Å². The topological polar surface area (TPSA) is 68.7 Å². The summed E-state index contributed by atoms with van der Waals surface area (Å²) < 4.78 is 10.9. The van der Waals surface area contributed by atoms with Crippen molar-refractivity contribution in [3.8, 4) is 5.75 Å². The molecule has 2 heterocycles. The van der Waals surface area contributed by atoms with Gasteiger partial charge in [0.1, 0.15) is 11.5 Å². The Bertz CT molecular complexity index is 665. The number of nitrogens with two attached hydrogens (primary N) is 1. The zero-order valence-corrected chi connectivity index (χ0v) is 12.6. The van der Waals surface area contributed by atoms with Gasteiger partial charge in [0.15, 0.2) is 5.76 Å². The van der Waals surface area contributed by atoms with Crippen LogP contribution in [-0.4, -0.2) is 24.5 Å². The number of nitrogens with zero attached hydrogens (tertiary/aromatic N) is 1. The number of ether oxygens (including phenoxy) is 1. The molecule has 1 unspecified atom stereocenters. The van der Waals surface area contributed by atoms with E-state index in [4.69, 9.17) is 14.9 Å². The molecule has 1 aromatic heterocycles. The first-order valence-corrected chi connectivity index (χ1v) is 7.47. The first kappa shape index (κ1) is 14.7. The third kappa shape index (κ3) is 2.60. The summed E-state index contributed by atoms with van der Waals surface area (Å²) in [6, 6.07) is 11.3. The Morgan fingerprint density at radius 3 is 2.91 bits per heavy atom. The molecule has 22 heavy (non-hydrogen) atoms. The number of furan rings is 1. The quantitative estimate of drug-likeness (QED) is 0.942. The van der Waals surface area contributed by atoms with Crippen molar-refractivity contribution < 1.29 is 13.9 Å². The van der Waals surface area contributed by atoms with Gasteiger partial charge in [0.05, 0.1) is 19.7 Å². The van der Waals surface area contributed by atoms with Crippen LogP contribution in [-0.2, 0) is 6.54 Å². The molecule has 1 aliphatic rings. The molecule has 1 fully saturated rings. The number of likely N-dealkylation sites (tertiary alicyclic amines) is 1.